The van der Waals surface area contributed by atoms with Gasteiger partial charge < -0.3 is 10.6 Å². The maximum atomic E-state index is 10.5. The number of amides is 1. The molecular weight excluding hydrogens is 188 g/mol. The average molecular weight is 200 g/mol. The first kappa shape index (κ1) is 10.1. The Morgan fingerprint density at radius 3 is 3.08 bits per heavy atom. The summed E-state index contributed by atoms with van der Waals surface area (Å²) in [7, 11) is 0. The van der Waals surface area contributed by atoms with Crippen molar-refractivity contribution in [3.05, 3.63) is 11.1 Å². The van der Waals surface area contributed by atoms with Crippen molar-refractivity contribution in [2.75, 3.05) is 13.1 Å². The minimum atomic E-state index is -0.00266. The SMILES string of the molecule is CC(=O)NCCNCc1csnn1. The largest absolute Gasteiger partial charge is 0.355 e. The molecule has 0 radical (unpaired) electrons. The number of hydrogen-bond donors (Lipinski definition) is 2. The van der Waals surface area contributed by atoms with Gasteiger partial charge in [-0.05, 0) is 11.5 Å². The fourth-order valence-electron chi connectivity index (χ4n) is 0.804. The highest BCUT2D eigenvalue weighted by atomic mass is 32.1. The normalized spacial score (nSPS) is 9.92. The van der Waals surface area contributed by atoms with Crippen molar-refractivity contribution >= 4 is 17.4 Å². The first-order valence-electron chi connectivity index (χ1n) is 4.00. The predicted octanol–water partition coefficient (Wildman–Crippen LogP) is -0.236. The van der Waals surface area contributed by atoms with E-state index in [-0.39, 0.29) is 5.91 Å². The summed E-state index contributed by atoms with van der Waals surface area (Å²) in [5.74, 6) is -0.00266. The lowest BCUT2D eigenvalue weighted by molar-refractivity contribution is -0.118. The molecule has 0 bridgehead atoms. The molecule has 0 spiro atoms. The van der Waals surface area contributed by atoms with E-state index in [4.69, 9.17) is 0 Å². The predicted molar refractivity (Wildman–Crippen MR) is 50.3 cm³/mol. The first-order valence-corrected chi connectivity index (χ1v) is 4.84. The van der Waals surface area contributed by atoms with E-state index in [2.05, 4.69) is 20.2 Å². The van der Waals surface area contributed by atoms with Gasteiger partial charge >= 0.3 is 0 Å². The summed E-state index contributed by atoms with van der Waals surface area (Å²) in [5.41, 5.74) is 0.938. The molecule has 0 fully saturated rings. The number of carbonyl (C=O) groups excluding carboxylic acids is 1. The molecule has 0 aliphatic rings. The third kappa shape index (κ3) is 4.54. The molecule has 0 unspecified atom stereocenters. The minimum Gasteiger partial charge on any atom is -0.355 e. The number of nitrogens with zero attached hydrogens (tertiary/aromatic N) is 2. The van der Waals surface area contributed by atoms with Crippen molar-refractivity contribution in [2.45, 2.75) is 13.5 Å². The second-order valence-electron chi connectivity index (χ2n) is 2.56. The lowest BCUT2D eigenvalue weighted by Crippen LogP contribution is -2.29. The van der Waals surface area contributed by atoms with Gasteiger partial charge in [-0.2, -0.15) is 0 Å². The van der Waals surface area contributed by atoms with Crippen LogP contribution >= 0.6 is 11.5 Å². The summed E-state index contributed by atoms with van der Waals surface area (Å²) in [4.78, 5) is 10.5. The Morgan fingerprint density at radius 1 is 1.62 bits per heavy atom. The van der Waals surface area contributed by atoms with Crippen LogP contribution in [0.5, 0.6) is 0 Å². The third-order valence-electron chi connectivity index (χ3n) is 1.39. The number of hydrogen-bond acceptors (Lipinski definition) is 5. The van der Waals surface area contributed by atoms with Gasteiger partial charge in [0.15, 0.2) is 0 Å². The van der Waals surface area contributed by atoms with E-state index in [1.807, 2.05) is 5.38 Å². The zero-order chi connectivity index (χ0) is 9.52. The molecule has 0 aliphatic heterocycles. The van der Waals surface area contributed by atoms with E-state index in [1.54, 1.807) is 0 Å². The van der Waals surface area contributed by atoms with Crippen molar-refractivity contribution < 1.29 is 4.79 Å². The quantitative estimate of drug-likeness (QED) is 0.644. The van der Waals surface area contributed by atoms with Gasteiger partial charge in [-0.3, -0.25) is 4.79 Å². The van der Waals surface area contributed by atoms with Crippen LogP contribution in [-0.4, -0.2) is 28.6 Å². The smallest absolute Gasteiger partial charge is 0.216 e. The highest BCUT2D eigenvalue weighted by Crippen LogP contribution is 1.94. The van der Waals surface area contributed by atoms with Crippen LogP contribution in [0.15, 0.2) is 5.38 Å². The van der Waals surface area contributed by atoms with Gasteiger partial charge in [0.2, 0.25) is 5.91 Å². The Morgan fingerprint density at radius 2 is 2.46 bits per heavy atom. The molecule has 1 aromatic rings. The van der Waals surface area contributed by atoms with E-state index in [9.17, 15) is 4.79 Å². The number of rotatable bonds is 5. The lowest BCUT2D eigenvalue weighted by atomic mass is 10.5. The van der Waals surface area contributed by atoms with E-state index in [1.165, 1.54) is 18.5 Å². The molecular formula is C7H12N4OS. The van der Waals surface area contributed by atoms with Crippen molar-refractivity contribution in [3.8, 4) is 0 Å². The van der Waals surface area contributed by atoms with Crippen LogP contribution in [0.2, 0.25) is 0 Å². The molecule has 72 valence electrons. The van der Waals surface area contributed by atoms with Gasteiger partial charge in [-0.15, -0.1) is 5.10 Å². The molecule has 0 aromatic carbocycles. The Balaban J connectivity index is 1.99. The van der Waals surface area contributed by atoms with Gasteiger partial charge in [0.05, 0.1) is 5.69 Å². The van der Waals surface area contributed by atoms with E-state index >= 15 is 0 Å². The molecule has 1 heterocycles. The number of aromatic nitrogens is 2. The van der Waals surface area contributed by atoms with Crippen LogP contribution in [0, 0.1) is 0 Å². The second kappa shape index (κ2) is 5.60. The Hall–Kier alpha value is -1.01. The first-order chi connectivity index (χ1) is 6.29. The molecule has 13 heavy (non-hydrogen) atoms. The van der Waals surface area contributed by atoms with Crippen LogP contribution in [0.4, 0.5) is 0 Å². The Bertz CT molecular complexity index is 249. The van der Waals surface area contributed by atoms with Crippen molar-refractivity contribution in [2.24, 2.45) is 0 Å². The Labute approximate surface area is 80.7 Å². The summed E-state index contributed by atoms with van der Waals surface area (Å²) in [6, 6.07) is 0. The number of carbonyl (C=O) groups is 1. The molecule has 6 heteroatoms. The molecule has 0 aliphatic carbocycles. The summed E-state index contributed by atoms with van der Waals surface area (Å²) >= 11 is 1.34. The number of nitrogens with one attached hydrogen (secondary N) is 2. The standard InChI is InChI=1S/C7H12N4OS/c1-6(12)9-3-2-8-4-7-5-13-11-10-7/h5,8H,2-4H2,1H3,(H,9,12). The molecule has 1 amide bonds. The van der Waals surface area contributed by atoms with Gasteiger partial charge in [0, 0.05) is 31.9 Å². The summed E-state index contributed by atoms with van der Waals surface area (Å²) < 4.78 is 3.73. The summed E-state index contributed by atoms with van der Waals surface area (Å²) in [6.07, 6.45) is 0. The van der Waals surface area contributed by atoms with Crippen molar-refractivity contribution in [1.82, 2.24) is 20.2 Å². The minimum absolute atomic E-state index is 0.00266. The summed E-state index contributed by atoms with van der Waals surface area (Å²) in [6.45, 7) is 3.60. The molecule has 0 saturated carbocycles. The van der Waals surface area contributed by atoms with Crippen LogP contribution in [0.3, 0.4) is 0 Å². The van der Waals surface area contributed by atoms with E-state index < -0.39 is 0 Å². The van der Waals surface area contributed by atoms with Crippen molar-refractivity contribution in [1.29, 1.82) is 0 Å². The van der Waals surface area contributed by atoms with Crippen LogP contribution in [0.25, 0.3) is 0 Å². The van der Waals surface area contributed by atoms with Gasteiger partial charge in [-0.25, -0.2) is 0 Å². The fourth-order valence-corrected chi connectivity index (χ4v) is 1.26. The van der Waals surface area contributed by atoms with Crippen LogP contribution in [-0.2, 0) is 11.3 Å². The molecule has 0 saturated heterocycles. The van der Waals surface area contributed by atoms with Crippen LogP contribution < -0.4 is 10.6 Å². The van der Waals surface area contributed by atoms with Crippen molar-refractivity contribution in [3.63, 3.8) is 0 Å². The van der Waals surface area contributed by atoms with Gasteiger partial charge in [0.1, 0.15) is 0 Å². The van der Waals surface area contributed by atoms with Gasteiger partial charge in [0.25, 0.3) is 0 Å². The molecule has 5 nitrogen and oxygen atoms in total. The average Bonchev–Trinajstić information content (AvgIpc) is 2.55. The maximum absolute atomic E-state index is 10.5. The van der Waals surface area contributed by atoms with Gasteiger partial charge in [-0.1, -0.05) is 4.49 Å². The lowest BCUT2D eigenvalue weighted by Gasteiger charge is -2.02. The molecule has 1 aromatic heterocycles. The zero-order valence-electron chi connectivity index (χ0n) is 7.41. The molecule has 2 N–H and O–H groups in total. The van der Waals surface area contributed by atoms with E-state index in [0.29, 0.717) is 13.1 Å². The monoisotopic (exact) mass is 200 g/mol. The fraction of sp³-hybridized carbons (Fsp3) is 0.571. The summed E-state index contributed by atoms with van der Waals surface area (Å²) in [5, 5.41) is 11.6. The topological polar surface area (TPSA) is 66.9 Å². The zero-order valence-corrected chi connectivity index (χ0v) is 8.23. The van der Waals surface area contributed by atoms with Crippen LogP contribution in [0.1, 0.15) is 12.6 Å². The molecule has 0 atom stereocenters. The second-order valence-corrected chi connectivity index (χ2v) is 3.17. The highest BCUT2D eigenvalue weighted by Gasteiger charge is 1.94. The van der Waals surface area contributed by atoms with E-state index in [0.717, 1.165) is 12.2 Å². The highest BCUT2D eigenvalue weighted by molar-refractivity contribution is 7.03. The third-order valence-corrected chi connectivity index (χ3v) is 1.94. The Kier molecular flexibility index (Phi) is 4.34. The molecule has 1 rings (SSSR count). The maximum Gasteiger partial charge on any atom is 0.216 e.